The molecule has 0 aromatic carbocycles. The fourth-order valence-electron chi connectivity index (χ4n) is 3.29. The van der Waals surface area contributed by atoms with Crippen molar-refractivity contribution in [2.24, 2.45) is 5.92 Å². The molecular formula is C18H20N6O2S. The first kappa shape index (κ1) is 17.5. The summed E-state index contributed by atoms with van der Waals surface area (Å²) in [7, 11) is 0. The molecule has 0 spiro atoms. The fraction of sp³-hybridized carbons (Fsp3) is 0.333. The quantitative estimate of drug-likeness (QED) is 0.719. The van der Waals surface area contributed by atoms with Gasteiger partial charge in [-0.25, -0.2) is 14.8 Å². The van der Waals surface area contributed by atoms with Gasteiger partial charge in [-0.15, -0.1) is 11.3 Å². The highest BCUT2D eigenvalue weighted by Crippen LogP contribution is 2.20. The minimum Gasteiger partial charge on any atom is -0.356 e. The van der Waals surface area contributed by atoms with Gasteiger partial charge in [-0.3, -0.25) is 9.20 Å². The van der Waals surface area contributed by atoms with E-state index in [-0.39, 0.29) is 17.3 Å². The largest absolute Gasteiger partial charge is 0.356 e. The maximum absolute atomic E-state index is 12.3. The Bertz CT molecular complexity index is 986. The van der Waals surface area contributed by atoms with Crippen molar-refractivity contribution >= 4 is 33.8 Å². The van der Waals surface area contributed by atoms with Crippen molar-refractivity contribution < 1.29 is 4.79 Å². The monoisotopic (exact) mass is 384 g/mol. The lowest BCUT2D eigenvalue weighted by molar-refractivity contribution is 0.249. The van der Waals surface area contributed by atoms with Gasteiger partial charge in [0, 0.05) is 37.4 Å². The van der Waals surface area contributed by atoms with Crippen LogP contribution in [0.5, 0.6) is 0 Å². The molecule has 27 heavy (non-hydrogen) atoms. The third-order valence-electron chi connectivity index (χ3n) is 4.63. The summed E-state index contributed by atoms with van der Waals surface area (Å²) < 4.78 is 1.42. The van der Waals surface area contributed by atoms with Gasteiger partial charge in [0.25, 0.3) is 5.56 Å². The number of fused-ring (bicyclic) bond motifs is 1. The van der Waals surface area contributed by atoms with Gasteiger partial charge in [0.05, 0.1) is 6.20 Å². The zero-order valence-electron chi connectivity index (χ0n) is 14.7. The molecule has 9 heteroatoms. The number of carbonyl (C=O) groups excluding carboxylic acids is 1. The van der Waals surface area contributed by atoms with Crippen LogP contribution >= 0.6 is 11.3 Å². The maximum Gasteiger partial charge on any atom is 0.319 e. The standard InChI is InChI=1S/C18H20N6O2S/c25-16-14(11-21-18-24(16)8-9-27-18)22-17(26)20-10-13-4-3-7-23(12-13)15-5-1-2-6-19-15/h1-2,5-6,8-9,11,13H,3-4,7,10,12H2,(H2,20,22,26)/t13-/m0/s1. The van der Waals surface area contributed by atoms with Gasteiger partial charge in [0.15, 0.2) is 4.96 Å². The number of nitrogens with zero attached hydrogens (tertiary/aromatic N) is 4. The van der Waals surface area contributed by atoms with E-state index < -0.39 is 0 Å². The highest BCUT2D eigenvalue weighted by molar-refractivity contribution is 7.15. The number of nitrogens with one attached hydrogen (secondary N) is 2. The van der Waals surface area contributed by atoms with Crippen molar-refractivity contribution in [3.8, 4) is 0 Å². The van der Waals surface area contributed by atoms with Gasteiger partial charge in [0.1, 0.15) is 11.5 Å². The molecule has 3 aromatic rings. The predicted molar refractivity (Wildman–Crippen MR) is 106 cm³/mol. The number of urea groups is 1. The van der Waals surface area contributed by atoms with Crippen molar-refractivity contribution in [2.45, 2.75) is 12.8 Å². The van der Waals surface area contributed by atoms with Crippen LogP contribution in [-0.4, -0.2) is 40.0 Å². The van der Waals surface area contributed by atoms with E-state index in [0.29, 0.717) is 17.4 Å². The van der Waals surface area contributed by atoms with Crippen LogP contribution in [0.25, 0.3) is 4.96 Å². The molecule has 1 fully saturated rings. The van der Waals surface area contributed by atoms with Crippen molar-refractivity contribution in [3.05, 3.63) is 52.5 Å². The van der Waals surface area contributed by atoms with E-state index in [2.05, 4.69) is 25.5 Å². The first-order valence-corrected chi connectivity index (χ1v) is 9.74. The Balaban J connectivity index is 1.33. The second-order valence-corrected chi connectivity index (χ2v) is 7.38. The van der Waals surface area contributed by atoms with E-state index in [1.165, 1.54) is 21.9 Å². The fourth-order valence-corrected chi connectivity index (χ4v) is 3.97. The molecule has 4 heterocycles. The normalized spacial score (nSPS) is 17.0. The summed E-state index contributed by atoms with van der Waals surface area (Å²) in [5.41, 5.74) is -0.113. The summed E-state index contributed by atoms with van der Waals surface area (Å²) in [6.07, 6.45) is 6.95. The highest BCUT2D eigenvalue weighted by Gasteiger charge is 2.21. The summed E-state index contributed by atoms with van der Waals surface area (Å²) in [5.74, 6) is 1.31. The Hall–Kier alpha value is -2.94. The Labute approximate surface area is 159 Å². The van der Waals surface area contributed by atoms with E-state index in [9.17, 15) is 9.59 Å². The summed E-state index contributed by atoms with van der Waals surface area (Å²) in [6, 6.07) is 5.50. The lowest BCUT2D eigenvalue weighted by Crippen LogP contribution is -2.42. The third-order valence-corrected chi connectivity index (χ3v) is 5.41. The Morgan fingerprint density at radius 1 is 1.33 bits per heavy atom. The van der Waals surface area contributed by atoms with Crippen LogP contribution in [0.2, 0.25) is 0 Å². The van der Waals surface area contributed by atoms with E-state index >= 15 is 0 Å². The lowest BCUT2D eigenvalue weighted by atomic mass is 9.98. The number of thiazole rings is 1. The molecule has 1 aliphatic rings. The van der Waals surface area contributed by atoms with Crippen molar-refractivity contribution in [1.82, 2.24) is 19.7 Å². The van der Waals surface area contributed by atoms with Crippen LogP contribution in [0.3, 0.4) is 0 Å². The summed E-state index contributed by atoms with van der Waals surface area (Å²) in [5, 5.41) is 7.26. The molecule has 0 saturated carbocycles. The number of amides is 2. The number of aromatic nitrogens is 3. The molecule has 8 nitrogen and oxygen atoms in total. The van der Waals surface area contributed by atoms with Gasteiger partial charge < -0.3 is 15.5 Å². The molecule has 0 bridgehead atoms. The summed E-state index contributed by atoms with van der Waals surface area (Å²) in [4.78, 5) is 35.9. The molecular weight excluding hydrogens is 364 g/mol. The average molecular weight is 384 g/mol. The zero-order valence-corrected chi connectivity index (χ0v) is 15.5. The molecule has 4 rings (SSSR count). The number of carbonyl (C=O) groups is 1. The van der Waals surface area contributed by atoms with E-state index in [0.717, 1.165) is 31.7 Å². The first-order valence-electron chi connectivity index (χ1n) is 8.86. The molecule has 0 aliphatic carbocycles. The average Bonchev–Trinajstić information content (AvgIpc) is 3.19. The van der Waals surface area contributed by atoms with E-state index in [1.54, 1.807) is 17.8 Å². The number of piperidine rings is 1. The summed E-state index contributed by atoms with van der Waals surface area (Å²) >= 11 is 1.37. The Morgan fingerprint density at radius 3 is 3.11 bits per heavy atom. The maximum atomic E-state index is 12.3. The van der Waals surface area contributed by atoms with Crippen LogP contribution in [0.15, 0.2) is 47.0 Å². The van der Waals surface area contributed by atoms with E-state index in [4.69, 9.17) is 0 Å². The van der Waals surface area contributed by atoms with Gasteiger partial charge >= 0.3 is 6.03 Å². The Kier molecular flexibility index (Phi) is 5.01. The molecule has 3 aromatic heterocycles. The van der Waals surface area contributed by atoms with Crippen LogP contribution in [-0.2, 0) is 0 Å². The van der Waals surface area contributed by atoms with Crippen LogP contribution < -0.4 is 21.1 Å². The van der Waals surface area contributed by atoms with Crippen LogP contribution in [0.1, 0.15) is 12.8 Å². The second-order valence-electron chi connectivity index (χ2n) is 6.51. The van der Waals surface area contributed by atoms with Gasteiger partial charge in [-0.1, -0.05) is 6.07 Å². The highest BCUT2D eigenvalue weighted by atomic mass is 32.1. The molecule has 1 saturated heterocycles. The topological polar surface area (TPSA) is 91.6 Å². The number of pyridine rings is 1. The van der Waals surface area contributed by atoms with Gasteiger partial charge in [-0.2, -0.15) is 0 Å². The molecule has 2 amide bonds. The number of anilines is 2. The predicted octanol–water partition coefficient (Wildman–Crippen LogP) is 2.19. The molecule has 140 valence electrons. The second kappa shape index (κ2) is 7.75. The van der Waals surface area contributed by atoms with E-state index in [1.807, 2.05) is 18.2 Å². The number of hydrogen-bond donors (Lipinski definition) is 2. The molecule has 0 unspecified atom stereocenters. The SMILES string of the molecule is O=C(NC[C@@H]1CCCN(c2ccccn2)C1)Nc1cnc2sccn2c1=O. The molecule has 1 aliphatic heterocycles. The minimum absolute atomic E-state index is 0.169. The van der Waals surface area contributed by atoms with Gasteiger partial charge in [0.2, 0.25) is 0 Å². The molecule has 1 atom stereocenters. The molecule has 2 N–H and O–H groups in total. The minimum atomic E-state index is -0.390. The third kappa shape index (κ3) is 3.92. The first-order chi connectivity index (χ1) is 13.2. The van der Waals surface area contributed by atoms with Gasteiger partial charge in [-0.05, 0) is 30.9 Å². The van der Waals surface area contributed by atoms with Crippen LogP contribution in [0, 0.1) is 5.92 Å². The lowest BCUT2D eigenvalue weighted by Gasteiger charge is -2.33. The van der Waals surface area contributed by atoms with Crippen molar-refractivity contribution in [2.75, 3.05) is 29.9 Å². The number of rotatable bonds is 4. The molecule has 0 radical (unpaired) electrons. The Morgan fingerprint density at radius 2 is 2.26 bits per heavy atom. The van der Waals surface area contributed by atoms with Crippen molar-refractivity contribution in [1.29, 1.82) is 0 Å². The van der Waals surface area contributed by atoms with Crippen LogP contribution in [0.4, 0.5) is 16.3 Å². The number of hydrogen-bond acceptors (Lipinski definition) is 6. The smallest absolute Gasteiger partial charge is 0.319 e. The summed E-state index contributed by atoms with van der Waals surface area (Å²) in [6.45, 7) is 2.37. The van der Waals surface area contributed by atoms with Crippen molar-refractivity contribution in [3.63, 3.8) is 0 Å². The zero-order chi connectivity index (χ0) is 18.6.